The molecule has 0 unspecified atom stereocenters. The normalized spacial score (nSPS) is 12.3. The maximum atomic E-state index is 12.0. The van der Waals surface area contributed by atoms with Crippen molar-refractivity contribution >= 4 is 37.3 Å². The standard InChI is InChI=1S/C12H14Cl2O4S/c1-7-9(11(15)18-12(2,3)4)5-8(6-10(7)13)19(14,16)17/h5-6H,1-4H3. The first-order valence-electron chi connectivity index (χ1n) is 5.40. The SMILES string of the molecule is Cc1c(Cl)cc(S(=O)(=O)Cl)cc1C(=O)OC(C)(C)C. The molecule has 0 saturated heterocycles. The van der Waals surface area contributed by atoms with E-state index in [1.54, 1.807) is 27.7 Å². The van der Waals surface area contributed by atoms with Crippen molar-refractivity contribution in [1.29, 1.82) is 0 Å². The molecule has 0 amide bonds. The van der Waals surface area contributed by atoms with E-state index in [9.17, 15) is 13.2 Å². The van der Waals surface area contributed by atoms with Crippen LogP contribution >= 0.6 is 22.3 Å². The van der Waals surface area contributed by atoms with Crippen LogP contribution in [0.5, 0.6) is 0 Å². The number of carbonyl (C=O) groups is 1. The minimum absolute atomic E-state index is 0.0849. The number of benzene rings is 1. The smallest absolute Gasteiger partial charge is 0.339 e. The fraction of sp³-hybridized carbons (Fsp3) is 0.417. The van der Waals surface area contributed by atoms with Crippen LogP contribution in [0.15, 0.2) is 17.0 Å². The van der Waals surface area contributed by atoms with E-state index in [1.807, 2.05) is 0 Å². The Kier molecular flexibility index (Phi) is 4.55. The summed E-state index contributed by atoms with van der Waals surface area (Å²) in [6.45, 7) is 6.74. The first kappa shape index (κ1) is 16.3. The summed E-state index contributed by atoms with van der Waals surface area (Å²) in [5.41, 5.74) is -0.159. The Bertz CT molecular complexity index is 615. The highest BCUT2D eigenvalue weighted by molar-refractivity contribution is 8.13. The minimum Gasteiger partial charge on any atom is -0.456 e. The van der Waals surface area contributed by atoms with Gasteiger partial charge in [0.2, 0.25) is 0 Å². The van der Waals surface area contributed by atoms with Gasteiger partial charge in [-0.05, 0) is 45.4 Å². The number of ether oxygens (including phenoxy) is 1. The maximum Gasteiger partial charge on any atom is 0.339 e. The van der Waals surface area contributed by atoms with Crippen LogP contribution in [-0.2, 0) is 13.8 Å². The maximum absolute atomic E-state index is 12.0. The van der Waals surface area contributed by atoms with Gasteiger partial charge in [0.05, 0.1) is 10.5 Å². The van der Waals surface area contributed by atoms with Gasteiger partial charge in [-0.15, -0.1) is 0 Å². The molecule has 0 saturated carbocycles. The number of esters is 1. The average Bonchev–Trinajstić information content (AvgIpc) is 2.17. The highest BCUT2D eigenvalue weighted by Gasteiger charge is 2.23. The van der Waals surface area contributed by atoms with Crippen molar-refractivity contribution in [3.63, 3.8) is 0 Å². The number of halogens is 2. The Hall–Kier alpha value is -0.780. The second kappa shape index (κ2) is 5.31. The molecule has 1 rings (SSSR count). The van der Waals surface area contributed by atoms with Crippen molar-refractivity contribution < 1.29 is 17.9 Å². The quantitative estimate of drug-likeness (QED) is 0.616. The summed E-state index contributed by atoms with van der Waals surface area (Å²) in [5.74, 6) is -0.644. The van der Waals surface area contributed by atoms with E-state index in [4.69, 9.17) is 27.0 Å². The monoisotopic (exact) mass is 324 g/mol. The zero-order valence-electron chi connectivity index (χ0n) is 11.0. The van der Waals surface area contributed by atoms with E-state index >= 15 is 0 Å². The molecule has 0 fully saturated rings. The summed E-state index contributed by atoms with van der Waals surface area (Å²) in [6.07, 6.45) is 0. The molecular weight excluding hydrogens is 311 g/mol. The molecule has 0 bridgehead atoms. The van der Waals surface area contributed by atoms with Crippen molar-refractivity contribution in [2.45, 2.75) is 38.2 Å². The van der Waals surface area contributed by atoms with Crippen LogP contribution < -0.4 is 0 Å². The molecule has 4 nitrogen and oxygen atoms in total. The van der Waals surface area contributed by atoms with Gasteiger partial charge in [0.1, 0.15) is 5.60 Å². The molecule has 0 heterocycles. The van der Waals surface area contributed by atoms with Gasteiger partial charge in [-0.3, -0.25) is 0 Å². The number of carbonyl (C=O) groups excluding carboxylic acids is 1. The lowest BCUT2D eigenvalue weighted by Gasteiger charge is -2.20. The minimum atomic E-state index is -3.96. The molecule has 0 atom stereocenters. The molecule has 0 N–H and O–H groups in total. The Balaban J connectivity index is 3.36. The van der Waals surface area contributed by atoms with E-state index < -0.39 is 20.6 Å². The van der Waals surface area contributed by atoms with Crippen LogP contribution in [0, 0.1) is 6.92 Å². The lowest BCUT2D eigenvalue weighted by Crippen LogP contribution is -2.24. The molecule has 106 valence electrons. The Morgan fingerprint density at radius 2 is 1.79 bits per heavy atom. The van der Waals surface area contributed by atoms with Gasteiger partial charge in [-0.2, -0.15) is 0 Å². The Morgan fingerprint density at radius 3 is 2.21 bits per heavy atom. The fourth-order valence-corrected chi connectivity index (χ4v) is 2.41. The van der Waals surface area contributed by atoms with Crippen molar-refractivity contribution in [3.05, 3.63) is 28.3 Å². The van der Waals surface area contributed by atoms with E-state index in [1.165, 1.54) is 6.07 Å². The number of rotatable bonds is 2. The van der Waals surface area contributed by atoms with Crippen molar-refractivity contribution in [2.75, 3.05) is 0 Å². The summed E-state index contributed by atoms with van der Waals surface area (Å²) in [5, 5.41) is 0.141. The predicted molar refractivity (Wildman–Crippen MR) is 74.4 cm³/mol. The zero-order chi connectivity index (χ0) is 15.0. The molecule has 0 aliphatic heterocycles. The molecule has 1 aromatic carbocycles. The van der Waals surface area contributed by atoms with Crippen LogP contribution in [0.2, 0.25) is 5.02 Å². The predicted octanol–water partition coefficient (Wildman–Crippen LogP) is 3.53. The van der Waals surface area contributed by atoms with Crippen molar-refractivity contribution in [2.24, 2.45) is 0 Å². The van der Waals surface area contributed by atoms with Crippen molar-refractivity contribution in [3.8, 4) is 0 Å². The van der Waals surface area contributed by atoms with Gasteiger partial charge in [-0.25, -0.2) is 13.2 Å². The molecule has 0 spiro atoms. The van der Waals surface area contributed by atoms with E-state index in [-0.39, 0.29) is 15.5 Å². The average molecular weight is 325 g/mol. The molecule has 0 aromatic heterocycles. The third-order valence-electron chi connectivity index (χ3n) is 2.22. The topological polar surface area (TPSA) is 60.4 Å². The van der Waals surface area contributed by atoms with E-state index in [2.05, 4.69) is 0 Å². The fourth-order valence-electron chi connectivity index (χ4n) is 1.34. The van der Waals surface area contributed by atoms with Crippen LogP contribution in [0.25, 0.3) is 0 Å². The van der Waals surface area contributed by atoms with Crippen molar-refractivity contribution in [1.82, 2.24) is 0 Å². The molecule has 0 aliphatic rings. The highest BCUT2D eigenvalue weighted by atomic mass is 35.7. The molecule has 19 heavy (non-hydrogen) atoms. The van der Waals surface area contributed by atoms with Gasteiger partial charge in [0.25, 0.3) is 9.05 Å². The summed E-state index contributed by atoms with van der Waals surface area (Å²) < 4.78 is 27.8. The first-order chi connectivity index (χ1) is 8.42. The molecule has 1 aromatic rings. The number of hydrogen-bond donors (Lipinski definition) is 0. The highest BCUT2D eigenvalue weighted by Crippen LogP contribution is 2.27. The lowest BCUT2D eigenvalue weighted by atomic mass is 10.1. The second-order valence-electron chi connectivity index (χ2n) is 5.02. The molecule has 7 heteroatoms. The largest absolute Gasteiger partial charge is 0.456 e. The lowest BCUT2D eigenvalue weighted by molar-refractivity contribution is 0.00685. The Labute approximate surface area is 122 Å². The van der Waals surface area contributed by atoms with Crippen LogP contribution in [0.4, 0.5) is 0 Å². The molecular formula is C12H14Cl2O4S. The summed E-state index contributed by atoms with van der Waals surface area (Å²) >= 11 is 5.91. The summed E-state index contributed by atoms with van der Waals surface area (Å²) in [7, 11) is 1.29. The van der Waals surface area contributed by atoms with Crippen LogP contribution in [0.3, 0.4) is 0 Å². The third kappa shape index (κ3) is 4.37. The van der Waals surface area contributed by atoms with Crippen LogP contribution in [-0.4, -0.2) is 20.0 Å². The Morgan fingerprint density at radius 1 is 1.26 bits per heavy atom. The van der Waals surface area contributed by atoms with E-state index in [0.717, 1.165) is 6.07 Å². The number of hydrogen-bond acceptors (Lipinski definition) is 4. The zero-order valence-corrected chi connectivity index (χ0v) is 13.3. The van der Waals surface area contributed by atoms with Gasteiger partial charge in [0.15, 0.2) is 0 Å². The first-order valence-corrected chi connectivity index (χ1v) is 8.09. The van der Waals surface area contributed by atoms with Crippen LogP contribution in [0.1, 0.15) is 36.7 Å². The second-order valence-corrected chi connectivity index (χ2v) is 7.99. The van der Waals surface area contributed by atoms with Gasteiger partial charge < -0.3 is 4.74 Å². The van der Waals surface area contributed by atoms with E-state index in [0.29, 0.717) is 5.56 Å². The summed E-state index contributed by atoms with van der Waals surface area (Å²) in [4.78, 5) is 11.8. The van der Waals surface area contributed by atoms with Gasteiger partial charge >= 0.3 is 5.97 Å². The molecule has 0 radical (unpaired) electrons. The van der Waals surface area contributed by atoms with Gasteiger partial charge in [0, 0.05) is 15.7 Å². The third-order valence-corrected chi connectivity index (χ3v) is 3.94. The summed E-state index contributed by atoms with van der Waals surface area (Å²) in [6, 6.07) is 2.37. The van der Waals surface area contributed by atoms with Gasteiger partial charge in [-0.1, -0.05) is 11.6 Å². The molecule has 0 aliphatic carbocycles.